The van der Waals surface area contributed by atoms with E-state index < -0.39 is 12.5 Å². The number of benzene rings is 4. The lowest BCUT2D eigenvalue weighted by Crippen LogP contribution is -2.25. The van der Waals surface area contributed by atoms with Gasteiger partial charge in [0.05, 0.1) is 25.2 Å². The number of carbonyl (C=O) groups is 2. The number of rotatable bonds is 26. The number of aromatic hydroxyl groups is 1. The molecule has 0 saturated carbocycles. The second-order valence-corrected chi connectivity index (χ2v) is 23.5. The quantitative estimate of drug-likeness (QED) is 0.0239. The molecule has 1 aliphatic heterocycles. The summed E-state index contributed by atoms with van der Waals surface area (Å²) in [6.07, 6.45) is 3.72. The summed E-state index contributed by atoms with van der Waals surface area (Å²) in [5.74, 6) is 4.61. The third-order valence-electron chi connectivity index (χ3n) is 12.8. The summed E-state index contributed by atoms with van der Waals surface area (Å²) >= 11 is 9.53. The molecular formula is C61H97Cl2F3N6O6S2. The number of aldehydes is 1. The highest BCUT2D eigenvalue weighted by Gasteiger charge is 2.25. The molecule has 454 valence electrons. The largest absolute Gasteiger partial charge is 0.508 e. The van der Waals surface area contributed by atoms with Crippen LogP contribution in [0.2, 0.25) is 0 Å². The first-order chi connectivity index (χ1) is 37.9. The average molecular weight is 1200 g/mol. The van der Waals surface area contributed by atoms with E-state index in [1.807, 2.05) is 78.1 Å². The monoisotopic (exact) mass is 1200 g/mol. The normalized spacial score (nSPS) is 14.2. The second-order valence-electron chi connectivity index (χ2n) is 20.0. The van der Waals surface area contributed by atoms with Crippen molar-refractivity contribution in [2.75, 3.05) is 100 Å². The maximum absolute atomic E-state index is 11.9. The van der Waals surface area contributed by atoms with Crippen LogP contribution in [0.1, 0.15) is 139 Å². The molecule has 1 fully saturated rings. The van der Waals surface area contributed by atoms with E-state index in [1.165, 1.54) is 41.7 Å². The zero-order chi connectivity index (χ0) is 60.5. The summed E-state index contributed by atoms with van der Waals surface area (Å²) in [4.78, 5) is 29.3. The van der Waals surface area contributed by atoms with E-state index in [2.05, 4.69) is 144 Å². The average Bonchev–Trinajstić information content (AvgIpc) is 3.96. The molecule has 4 aromatic carbocycles. The van der Waals surface area contributed by atoms with E-state index in [-0.39, 0.29) is 11.2 Å². The predicted molar refractivity (Wildman–Crippen MR) is 334 cm³/mol. The number of amides is 1. The third kappa shape index (κ3) is 37.2. The van der Waals surface area contributed by atoms with Gasteiger partial charge in [-0.3, -0.25) is 9.59 Å². The number of phenolic OH excluding ortho intramolecular Hbond substituents is 1. The molecule has 0 aromatic heterocycles. The number of phenols is 1. The van der Waals surface area contributed by atoms with Crippen LogP contribution in [-0.4, -0.2) is 149 Å². The zero-order valence-electron chi connectivity index (χ0n) is 50.1. The van der Waals surface area contributed by atoms with Crippen LogP contribution in [0.25, 0.3) is 0 Å². The molecule has 5 rings (SSSR count). The Morgan fingerprint density at radius 1 is 0.675 bits per heavy atom. The number of halogens is 5. The molecule has 1 heterocycles. The molecule has 1 saturated heterocycles. The second kappa shape index (κ2) is 45.6. The summed E-state index contributed by atoms with van der Waals surface area (Å²) < 4.78 is 48.4. The lowest BCUT2D eigenvalue weighted by Gasteiger charge is -2.20. The fourth-order valence-electron chi connectivity index (χ4n) is 6.98. The molecule has 4 aromatic rings. The Bertz CT molecular complexity index is 2130. The van der Waals surface area contributed by atoms with Crippen molar-refractivity contribution >= 4 is 57.0 Å². The van der Waals surface area contributed by atoms with Crippen LogP contribution >= 0.6 is 44.8 Å². The van der Waals surface area contributed by atoms with Crippen LogP contribution in [0.4, 0.5) is 13.2 Å². The fourth-order valence-corrected chi connectivity index (χ4v) is 10.0. The number of hydrogen-bond acceptors (Lipinski definition) is 13. The molecule has 0 radical (unpaired) electrons. The van der Waals surface area contributed by atoms with E-state index in [0.29, 0.717) is 62.6 Å². The van der Waals surface area contributed by atoms with Gasteiger partial charge in [0.25, 0.3) is 0 Å². The summed E-state index contributed by atoms with van der Waals surface area (Å²) in [6.45, 7) is 14.3. The van der Waals surface area contributed by atoms with Gasteiger partial charge in [-0.2, -0.15) is 13.2 Å². The predicted octanol–water partition coefficient (Wildman–Crippen LogP) is 14.6. The van der Waals surface area contributed by atoms with Crippen LogP contribution in [0, 0.1) is 0 Å². The van der Waals surface area contributed by atoms with Crippen molar-refractivity contribution in [3.63, 3.8) is 0 Å². The molecule has 0 spiro atoms. The first kappa shape index (κ1) is 76.1. The van der Waals surface area contributed by atoms with Crippen LogP contribution in [0.15, 0.2) is 97.1 Å². The van der Waals surface area contributed by atoms with Gasteiger partial charge >= 0.3 is 6.18 Å². The zero-order valence-corrected chi connectivity index (χ0v) is 53.2. The minimum atomic E-state index is -4.64. The SMILES string of the molecule is CC(c1cccc(O)c1)N(C)C.CC(c1cccc(OCCCN)c1)N(C)C.CC(c1cccc(OCCCNC(=O)CCCCC2CCSS2)c1)N(C)C.CCCCOc1cccc(C(C)N(C)C)c1.ClCCl.O=CC(F)(F)F. The van der Waals surface area contributed by atoms with Crippen molar-refractivity contribution in [1.29, 1.82) is 0 Å². The molecule has 12 nitrogen and oxygen atoms in total. The standard InChI is InChI=1S/C21H34N2O2S2.C14H23NO.C13H22N2O.C10H15NO.C2HF3O.CH2Cl2/c1-17(23(2)3)18-8-6-9-19(16-18)25-14-7-13-22-21(24)11-5-4-10-20-12-15-26-27-20;1-5-6-10-16-14-9-7-8-13(11-14)12(2)15(3)4;1-11(15(2)3)12-6-4-7-13(10-12)16-9-5-8-14;1-8(11(2)3)9-5-4-6-10(12)7-9;3-2(4,5)1-6;2-1-3/h6,8-9,16-17,20H,4-5,7,10-15H2,1-3H3,(H,22,24);7-9,11-12H,5-6,10H2,1-4H3;4,6-7,10-11H,5,8-9,14H2,1-3H3;4-8,12H,1-3H3;1H;1H2. The number of carbonyl (C=O) groups excluding carboxylic acids is 2. The van der Waals surface area contributed by atoms with Crippen LogP contribution in [0.3, 0.4) is 0 Å². The Morgan fingerprint density at radius 2 is 1.06 bits per heavy atom. The summed E-state index contributed by atoms with van der Waals surface area (Å²) in [5.41, 5.74) is 10.4. The number of unbranched alkanes of at least 4 members (excludes halogenated alkanes) is 2. The molecule has 19 heteroatoms. The number of ether oxygens (including phenoxy) is 3. The first-order valence-corrected chi connectivity index (χ1v) is 30.9. The van der Waals surface area contributed by atoms with Crippen molar-refractivity contribution in [3.05, 3.63) is 119 Å². The molecule has 0 bridgehead atoms. The minimum Gasteiger partial charge on any atom is -0.508 e. The molecular weight excluding hydrogens is 1100 g/mol. The molecule has 1 amide bonds. The molecule has 1 aliphatic rings. The maximum atomic E-state index is 11.9. The third-order valence-corrected chi connectivity index (χ3v) is 15.8. The van der Waals surface area contributed by atoms with Gasteiger partial charge in [0, 0.05) is 48.1 Å². The van der Waals surface area contributed by atoms with Gasteiger partial charge in [-0.1, -0.05) is 89.9 Å². The van der Waals surface area contributed by atoms with Crippen molar-refractivity contribution < 1.29 is 42.1 Å². The minimum absolute atomic E-state index is 0.172. The van der Waals surface area contributed by atoms with Gasteiger partial charge in [-0.05, 0) is 200 Å². The van der Waals surface area contributed by atoms with Crippen molar-refractivity contribution in [1.82, 2.24) is 24.9 Å². The van der Waals surface area contributed by atoms with Gasteiger partial charge in [0.1, 0.15) is 23.0 Å². The maximum Gasteiger partial charge on any atom is 0.446 e. The smallest absolute Gasteiger partial charge is 0.446 e. The van der Waals surface area contributed by atoms with Gasteiger partial charge < -0.3 is 50.0 Å². The summed E-state index contributed by atoms with van der Waals surface area (Å²) in [7, 11) is 20.5. The van der Waals surface area contributed by atoms with E-state index in [0.717, 1.165) is 66.8 Å². The number of nitrogens with one attached hydrogen (secondary N) is 1. The highest BCUT2D eigenvalue weighted by Crippen LogP contribution is 2.40. The Kier molecular flexibility index (Phi) is 43.4. The fraction of sp³-hybridized carbons (Fsp3) is 0.574. The van der Waals surface area contributed by atoms with Gasteiger partial charge in [0.2, 0.25) is 12.2 Å². The highest BCUT2D eigenvalue weighted by atomic mass is 35.5. The van der Waals surface area contributed by atoms with E-state index >= 15 is 0 Å². The lowest BCUT2D eigenvalue weighted by atomic mass is 10.1. The summed E-state index contributed by atoms with van der Waals surface area (Å²) in [6, 6.07) is 33.8. The first-order valence-electron chi connectivity index (χ1n) is 27.5. The highest BCUT2D eigenvalue weighted by molar-refractivity contribution is 8.77. The van der Waals surface area contributed by atoms with E-state index in [9.17, 15) is 23.1 Å². The molecule has 5 unspecified atom stereocenters. The van der Waals surface area contributed by atoms with E-state index in [1.54, 1.807) is 12.1 Å². The number of nitrogens with zero attached hydrogens (tertiary/aromatic N) is 4. The van der Waals surface area contributed by atoms with Crippen molar-refractivity contribution in [2.45, 2.75) is 128 Å². The van der Waals surface area contributed by atoms with Gasteiger partial charge in [-0.15, -0.1) is 23.2 Å². The number of nitrogens with two attached hydrogens (primary N) is 1. The molecule has 0 aliphatic carbocycles. The van der Waals surface area contributed by atoms with Crippen LogP contribution in [0.5, 0.6) is 23.0 Å². The topological polar surface area (TPSA) is 133 Å². The molecule has 4 N–H and O–H groups in total. The molecule has 5 atom stereocenters. The molecule has 80 heavy (non-hydrogen) atoms. The van der Waals surface area contributed by atoms with Crippen molar-refractivity contribution in [2.24, 2.45) is 5.73 Å². The van der Waals surface area contributed by atoms with Crippen molar-refractivity contribution in [3.8, 4) is 23.0 Å². The van der Waals surface area contributed by atoms with Gasteiger partial charge in [0.15, 0.2) is 0 Å². The van der Waals surface area contributed by atoms with Gasteiger partial charge in [-0.25, -0.2) is 0 Å². The van der Waals surface area contributed by atoms with Crippen LogP contribution in [-0.2, 0) is 9.59 Å². The van der Waals surface area contributed by atoms with Crippen LogP contribution < -0.4 is 25.3 Å². The van der Waals surface area contributed by atoms with E-state index in [4.69, 9.17) is 47.9 Å². The Morgan fingerprint density at radius 3 is 1.41 bits per heavy atom. The Hall–Kier alpha value is -3.91. The lowest BCUT2D eigenvalue weighted by molar-refractivity contribution is -0.156. The Balaban J connectivity index is 0.00000103. The Labute approximate surface area is 497 Å². The number of hydrogen-bond donors (Lipinski definition) is 3. The number of alkyl halides is 5. The summed E-state index contributed by atoms with van der Waals surface area (Å²) in [5, 5.41) is 13.2.